The Kier molecular flexibility index (Phi) is 4.00. The van der Waals surface area contributed by atoms with Gasteiger partial charge in [0, 0.05) is 19.5 Å². The molecular weight excluding hydrogens is 326 g/mol. The van der Waals surface area contributed by atoms with Gasteiger partial charge in [0.1, 0.15) is 6.33 Å². The van der Waals surface area contributed by atoms with E-state index in [-0.39, 0.29) is 0 Å². The molecule has 0 amide bonds. The molecule has 0 bridgehead atoms. The van der Waals surface area contributed by atoms with Gasteiger partial charge < -0.3 is 4.57 Å². The van der Waals surface area contributed by atoms with Crippen LogP contribution >= 0.6 is 23.6 Å². The summed E-state index contributed by atoms with van der Waals surface area (Å²) in [4.78, 5) is 7.28. The van der Waals surface area contributed by atoms with Gasteiger partial charge in [-0.15, -0.1) is 11.3 Å². The number of aryl methyl sites for hydroxylation is 1. The minimum Gasteiger partial charge on any atom is -0.310 e. The second-order valence-electron chi connectivity index (χ2n) is 6.10. The maximum atomic E-state index is 5.39. The van der Waals surface area contributed by atoms with Crippen LogP contribution in [0.3, 0.4) is 0 Å². The van der Waals surface area contributed by atoms with Crippen LogP contribution in [-0.4, -0.2) is 37.3 Å². The van der Waals surface area contributed by atoms with Crippen LogP contribution in [0.2, 0.25) is 0 Å². The predicted octanol–water partition coefficient (Wildman–Crippen LogP) is 3.40. The minimum absolute atomic E-state index is 0.513. The van der Waals surface area contributed by atoms with E-state index in [0.29, 0.717) is 5.92 Å². The van der Waals surface area contributed by atoms with Crippen molar-refractivity contribution in [3.63, 3.8) is 0 Å². The Morgan fingerprint density at radius 2 is 2.22 bits per heavy atom. The fourth-order valence-electron chi connectivity index (χ4n) is 3.16. The van der Waals surface area contributed by atoms with Gasteiger partial charge in [0.25, 0.3) is 0 Å². The minimum atomic E-state index is 0.513. The first-order valence-electron chi connectivity index (χ1n) is 7.87. The number of fused-ring (bicyclic) bond motifs is 1. The quantitative estimate of drug-likeness (QED) is 0.682. The van der Waals surface area contributed by atoms with E-state index in [1.807, 2.05) is 27.6 Å². The zero-order chi connectivity index (χ0) is 15.8. The third-order valence-corrected chi connectivity index (χ3v) is 6.08. The third kappa shape index (κ3) is 2.96. The molecule has 1 aliphatic rings. The van der Waals surface area contributed by atoms with Crippen LogP contribution in [0, 0.1) is 4.77 Å². The Hall–Kier alpha value is -1.57. The fraction of sp³-hybridized carbons (Fsp3) is 0.438. The zero-order valence-corrected chi connectivity index (χ0v) is 14.7. The molecule has 0 unspecified atom stereocenters. The van der Waals surface area contributed by atoms with Gasteiger partial charge in [0.2, 0.25) is 0 Å². The molecule has 1 aromatic carbocycles. The summed E-state index contributed by atoms with van der Waals surface area (Å²) in [6.07, 6.45) is 4.18. The van der Waals surface area contributed by atoms with Crippen LogP contribution in [0.15, 0.2) is 30.6 Å². The first-order chi connectivity index (χ1) is 11.2. The molecule has 0 saturated carbocycles. The smallest absolute Gasteiger partial charge is 0.198 e. The first kappa shape index (κ1) is 15.0. The Morgan fingerprint density at radius 3 is 3.00 bits per heavy atom. The van der Waals surface area contributed by atoms with Crippen molar-refractivity contribution in [1.29, 1.82) is 0 Å². The van der Waals surface area contributed by atoms with Gasteiger partial charge in [-0.25, -0.2) is 9.67 Å². The molecule has 1 aliphatic heterocycles. The molecular formula is C16H19N5S2. The Morgan fingerprint density at radius 1 is 1.35 bits per heavy atom. The Bertz CT molecular complexity index is 845. The third-order valence-electron chi connectivity index (χ3n) is 4.39. The molecule has 5 nitrogen and oxygen atoms in total. The highest BCUT2D eigenvalue weighted by Gasteiger charge is 2.24. The highest BCUT2D eigenvalue weighted by atomic mass is 32.1. The number of nitrogens with zero attached hydrogens (tertiary/aromatic N) is 5. The molecule has 7 heteroatoms. The van der Waals surface area contributed by atoms with Crippen LogP contribution < -0.4 is 0 Å². The molecule has 0 aliphatic carbocycles. The fourth-order valence-corrected chi connectivity index (χ4v) is 4.40. The van der Waals surface area contributed by atoms with Gasteiger partial charge in [-0.1, -0.05) is 12.1 Å². The summed E-state index contributed by atoms with van der Waals surface area (Å²) in [6.45, 7) is 2.89. The van der Waals surface area contributed by atoms with Gasteiger partial charge in [-0.3, -0.25) is 4.90 Å². The number of piperidine rings is 1. The summed E-state index contributed by atoms with van der Waals surface area (Å²) in [7, 11) is 1.94. The highest BCUT2D eigenvalue weighted by molar-refractivity contribution is 7.71. The number of benzene rings is 1. The molecule has 1 saturated heterocycles. The molecule has 1 atom stereocenters. The summed E-state index contributed by atoms with van der Waals surface area (Å²) in [6, 6.07) is 8.40. The average molecular weight is 345 g/mol. The molecule has 0 spiro atoms. The van der Waals surface area contributed by atoms with Crippen molar-refractivity contribution >= 4 is 33.8 Å². The monoisotopic (exact) mass is 345 g/mol. The van der Waals surface area contributed by atoms with E-state index < -0.39 is 0 Å². The second-order valence-corrected chi connectivity index (χ2v) is 7.53. The van der Waals surface area contributed by atoms with Gasteiger partial charge in [-0.05, 0) is 43.7 Å². The summed E-state index contributed by atoms with van der Waals surface area (Å²) in [5.41, 5.74) is 1.12. The molecule has 0 N–H and O–H groups in total. The molecule has 120 valence electrons. The van der Waals surface area contributed by atoms with Crippen LogP contribution in [0.25, 0.3) is 10.2 Å². The van der Waals surface area contributed by atoms with Crippen LogP contribution in [-0.2, 0) is 13.7 Å². The van der Waals surface area contributed by atoms with Crippen molar-refractivity contribution in [3.05, 3.63) is 40.4 Å². The zero-order valence-electron chi connectivity index (χ0n) is 13.1. The van der Waals surface area contributed by atoms with E-state index in [1.165, 1.54) is 22.5 Å². The lowest BCUT2D eigenvalue weighted by Gasteiger charge is -2.31. The molecule has 23 heavy (non-hydrogen) atoms. The van der Waals surface area contributed by atoms with Crippen molar-refractivity contribution in [2.24, 2.45) is 7.05 Å². The summed E-state index contributed by atoms with van der Waals surface area (Å²) in [5, 5.41) is 5.63. The van der Waals surface area contributed by atoms with Crippen molar-refractivity contribution in [1.82, 2.24) is 24.2 Å². The molecule has 4 rings (SSSR count). The first-order valence-corrected chi connectivity index (χ1v) is 9.09. The maximum absolute atomic E-state index is 5.39. The lowest BCUT2D eigenvalue weighted by atomic mass is 9.99. The number of hydrogen-bond acceptors (Lipinski definition) is 5. The summed E-state index contributed by atoms with van der Waals surface area (Å²) < 4.78 is 5.83. The number of thiazole rings is 1. The predicted molar refractivity (Wildman–Crippen MR) is 95.2 cm³/mol. The van der Waals surface area contributed by atoms with Gasteiger partial charge >= 0.3 is 0 Å². The number of para-hydroxylation sites is 1. The largest absolute Gasteiger partial charge is 0.310 e. The van der Waals surface area contributed by atoms with Crippen molar-refractivity contribution < 1.29 is 0 Å². The molecule has 3 heterocycles. The van der Waals surface area contributed by atoms with Gasteiger partial charge in [0.05, 0.1) is 21.9 Å². The number of rotatable bonds is 3. The summed E-state index contributed by atoms with van der Waals surface area (Å²) >= 11 is 7.22. The topological polar surface area (TPSA) is 38.9 Å². The van der Waals surface area contributed by atoms with E-state index in [9.17, 15) is 0 Å². The number of aromatic nitrogens is 4. The van der Waals surface area contributed by atoms with Crippen LogP contribution in [0.4, 0.5) is 0 Å². The summed E-state index contributed by atoms with van der Waals surface area (Å²) in [5.74, 6) is 0.513. The standard InChI is InChI=1S/C16H19N5S2/c1-19-10-17-21(16(19)22)11-20-8-4-5-12(9-20)15-18-13-6-2-3-7-14(13)23-15/h2-3,6-7,10,12H,4-5,8-9,11H2,1H3/t12-/m1/s1. The van der Waals surface area contributed by atoms with Crippen LogP contribution in [0.1, 0.15) is 23.8 Å². The van der Waals surface area contributed by atoms with Crippen molar-refractivity contribution in [3.8, 4) is 0 Å². The molecule has 0 radical (unpaired) electrons. The van der Waals surface area contributed by atoms with E-state index in [2.05, 4.69) is 34.3 Å². The molecule has 3 aromatic rings. The van der Waals surface area contributed by atoms with E-state index in [0.717, 1.165) is 30.0 Å². The number of hydrogen-bond donors (Lipinski definition) is 0. The van der Waals surface area contributed by atoms with Gasteiger partial charge in [0.15, 0.2) is 4.77 Å². The number of likely N-dealkylation sites (tertiary alicyclic amines) is 1. The SMILES string of the molecule is Cn1cnn(CN2CCC[C@@H](c3nc4ccccc4s3)C2)c1=S. The average Bonchev–Trinajstić information content (AvgIpc) is 3.14. The van der Waals surface area contributed by atoms with E-state index >= 15 is 0 Å². The lowest BCUT2D eigenvalue weighted by molar-refractivity contribution is 0.156. The molecule has 2 aromatic heterocycles. The van der Waals surface area contributed by atoms with Crippen molar-refractivity contribution in [2.45, 2.75) is 25.4 Å². The lowest BCUT2D eigenvalue weighted by Crippen LogP contribution is -2.36. The van der Waals surface area contributed by atoms with Gasteiger partial charge in [-0.2, -0.15) is 5.10 Å². The Balaban J connectivity index is 1.52. The van der Waals surface area contributed by atoms with Crippen molar-refractivity contribution in [2.75, 3.05) is 13.1 Å². The molecule has 1 fully saturated rings. The normalized spacial score (nSPS) is 19.4. The van der Waals surface area contributed by atoms with E-state index in [1.54, 1.807) is 6.33 Å². The second kappa shape index (κ2) is 6.14. The maximum Gasteiger partial charge on any atom is 0.198 e. The Labute approximate surface area is 144 Å². The van der Waals surface area contributed by atoms with Crippen LogP contribution in [0.5, 0.6) is 0 Å². The van der Waals surface area contributed by atoms with E-state index in [4.69, 9.17) is 17.2 Å². The highest BCUT2D eigenvalue weighted by Crippen LogP contribution is 2.32.